The Morgan fingerprint density at radius 1 is 0.750 bits per heavy atom. The lowest BCUT2D eigenvalue weighted by Gasteiger charge is -2.22. The predicted molar refractivity (Wildman–Crippen MR) is 229 cm³/mol. The highest BCUT2D eigenvalue weighted by atomic mass is 35.5. The van der Waals surface area contributed by atoms with E-state index in [4.69, 9.17) is 27.1 Å². The van der Waals surface area contributed by atoms with Crippen LogP contribution in [0.25, 0.3) is 44.1 Å². The van der Waals surface area contributed by atoms with Crippen molar-refractivity contribution in [1.82, 2.24) is 30.6 Å². The third kappa shape index (κ3) is 12.2. The first kappa shape index (κ1) is 40.5. The molecule has 2 saturated heterocycles. The van der Waals surface area contributed by atoms with Crippen molar-refractivity contribution in [3.05, 3.63) is 115 Å². The SMILES string of the molecule is CC(C)(C)OC(=O)NC1CCCNCC1.Clc1nccc(-c2ccc3ccccc3c2)n1.NC1CCCN(c2nccc(-c3ccc4ccccc4c3)n2)CC1. The Kier molecular flexibility index (Phi) is 14.2. The number of hydrogen-bond acceptors (Lipinski definition) is 9. The van der Waals surface area contributed by atoms with Gasteiger partial charge < -0.3 is 26.0 Å². The van der Waals surface area contributed by atoms with Gasteiger partial charge in [0.05, 0.1) is 11.4 Å². The van der Waals surface area contributed by atoms with Crippen molar-refractivity contribution in [2.45, 2.75) is 77.0 Å². The quantitative estimate of drug-likeness (QED) is 0.150. The molecule has 292 valence electrons. The Morgan fingerprint density at radius 2 is 1.38 bits per heavy atom. The Labute approximate surface area is 335 Å². The molecule has 56 heavy (non-hydrogen) atoms. The molecular weight excluding hydrogens is 720 g/mol. The summed E-state index contributed by atoms with van der Waals surface area (Å²) >= 11 is 5.79. The largest absolute Gasteiger partial charge is 0.444 e. The number of halogens is 1. The van der Waals surface area contributed by atoms with E-state index in [0.717, 1.165) is 93.2 Å². The van der Waals surface area contributed by atoms with Crippen LogP contribution in [0.3, 0.4) is 0 Å². The van der Waals surface area contributed by atoms with Gasteiger partial charge in [-0.05, 0) is 130 Å². The number of alkyl carbamates (subject to hydrolysis) is 1. The van der Waals surface area contributed by atoms with Gasteiger partial charge in [-0.15, -0.1) is 0 Å². The molecule has 2 aromatic heterocycles. The van der Waals surface area contributed by atoms with Crippen LogP contribution in [0.2, 0.25) is 5.28 Å². The number of amides is 1. The molecule has 0 aliphatic carbocycles. The van der Waals surface area contributed by atoms with Crippen molar-refractivity contribution in [2.24, 2.45) is 5.73 Å². The molecule has 6 aromatic rings. The number of rotatable bonds is 4. The fraction of sp³-hybridized carbons (Fsp3) is 0.356. The molecule has 2 atom stereocenters. The molecule has 0 radical (unpaired) electrons. The maximum absolute atomic E-state index is 11.5. The van der Waals surface area contributed by atoms with Crippen molar-refractivity contribution in [3.63, 3.8) is 0 Å². The van der Waals surface area contributed by atoms with Gasteiger partial charge in [-0.1, -0.05) is 72.8 Å². The number of carbonyl (C=O) groups excluding carboxylic acids is 1. The second-order valence-corrected chi connectivity index (χ2v) is 15.6. The van der Waals surface area contributed by atoms with E-state index >= 15 is 0 Å². The van der Waals surface area contributed by atoms with Crippen molar-refractivity contribution >= 4 is 45.2 Å². The number of ether oxygens (including phenoxy) is 1. The molecule has 1 amide bonds. The van der Waals surface area contributed by atoms with Crippen LogP contribution in [0, 0.1) is 0 Å². The highest BCUT2D eigenvalue weighted by Crippen LogP contribution is 2.26. The molecule has 8 rings (SSSR count). The monoisotopic (exact) mass is 772 g/mol. The summed E-state index contributed by atoms with van der Waals surface area (Å²) in [5.74, 6) is 0.815. The smallest absolute Gasteiger partial charge is 0.407 e. The van der Waals surface area contributed by atoms with Crippen LogP contribution in [0.15, 0.2) is 109 Å². The number of nitrogens with one attached hydrogen (secondary N) is 2. The average Bonchev–Trinajstić information content (AvgIpc) is 3.59. The number of carbonyl (C=O) groups is 1. The van der Waals surface area contributed by atoms with E-state index in [2.05, 4.69) is 97.2 Å². The van der Waals surface area contributed by atoms with E-state index in [1.54, 1.807) is 6.20 Å². The normalized spacial score (nSPS) is 17.3. The first-order valence-electron chi connectivity index (χ1n) is 19.6. The lowest BCUT2D eigenvalue weighted by atomic mass is 10.1. The van der Waals surface area contributed by atoms with Gasteiger partial charge in [0.2, 0.25) is 11.2 Å². The van der Waals surface area contributed by atoms with Crippen LogP contribution in [0.5, 0.6) is 0 Å². The maximum Gasteiger partial charge on any atom is 0.407 e. The Morgan fingerprint density at radius 3 is 2.02 bits per heavy atom. The van der Waals surface area contributed by atoms with Crippen LogP contribution < -0.4 is 21.3 Å². The number of fused-ring (bicyclic) bond motifs is 2. The van der Waals surface area contributed by atoms with E-state index in [1.807, 2.05) is 57.3 Å². The summed E-state index contributed by atoms with van der Waals surface area (Å²) in [4.78, 5) is 31.1. The third-order valence-corrected chi connectivity index (χ3v) is 9.89. The zero-order valence-corrected chi connectivity index (χ0v) is 33.4. The van der Waals surface area contributed by atoms with Crippen LogP contribution >= 0.6 is 11.6 Å². The van der Waals surface area contributed by atoms with Crippen LogP contribution in [-0.2, 0) is 4.74 Å². The number of aromatic nitrogens is 4. The average molecular weight is 773 g/mol. The first-order chi connectivity index (χ1) is 27.1. The molecule has 11 heteroatoms. The molecule has 0 bridgehead atoms. The van der Waals surface area contributed by atoms with Crippen LogP contribution in [0.1, 0.15) is 59.3 Å². The van der Waals surface area contributed by atoms with Crippen molar-refractivity contribution in [1.29, 1.82) is 0 Å². The molecule has 0 saturated carbocycles. The minimum atomic E-state index is -0.410. The van der Waals surface area contributed by atoms with Gasteiger partial charge in [0.15, 0.2) is 0 Å². The van der Waals surface area contributed by atoms with Gasteiger partial charge in [0, 0.05) is 48.7 Å². The fourth-order valence-electron chi connectivity index (χ4n) is 6.81. The lowest BCUT2D eigenvalue weighted by molar-refractivity contribution is 0.0500. The van der Waals surface area contributed by atoms with E-state index in [-0.39, 0.29) is 17.4 Å². The standard InChI is InChI=1S/C20H22N4.C14H9ClN2.C11H22N2O2/c21-18-6-3-12-24(13-10-18)20-22-11-9-19(23-20)17-8-7-15-4-1-2-5-16(15)14-17;15-14-16-8-7-13(17-14)12-6-5-10-3-1-2-4-11(10)9-12;1-11(2,3)15-10(14)13-9-5-4-7-12-8-6-9/h1-2,4-5,7-9,11,14,18H,3,6,10,12-13,21H2;1-9H;9,12H,4-8H2,1-3H3,(H,13,14). The van der Waals surface area contributed by atoms with Gasteiger partial charge in [0.1, 0.15) is 5.60 Å². The minimum Gasteiger partial charge on any atom is -0.444 e. The summed E-state index contributed by atoms with van der Waals surface area (Å²) < 4.78 is 5.21. The first-order valence-corrected chi connectivity index (χ1v) is 20.0. The molecule has 2 aliphatic rings. The second-order valence-electron chi connectivity index (χ2n) is 15.3. The summed E-state index contributed by atoms with van der Waals surface area (Å²) in [5.41, 5.74) is 9.66. The molecule has 2 fully saturated rings. The van der Waals surface area contributed by atoms with Gasteiger partial charge in [-0.2, -0.15) is 0 Å². The van der Waals surface area contributed by atoms with E-state index in [1.165, 1.54) is 21.5 Å². The summed E-state index contributed by atoms with van der Waals surface area (Å²) in [7, 11) is 0. The third-order valence-electron chi connectivity index (χ3n) is 9.71. The molecule has 4 N–H and O–H groups in total. The van der Waals surface area contributed by atoms with Crippen LogP contribution in [-0.4, -0.2) is 69.9 Å². The Hall–Kier alpha value is -5.16. The van der Waals surface area contributed by atoms with Crippen LogP contribution in [0.4, 0.5) is 10.7 Å². The van der Waals surface area contributed by atoms with Crippen molar-refractivity contribution in [2.75, 3.05) is 31.1 Å². The highest BCUT2D eigenvalue weighted by molar-refractivity contribution is 6.28. The lowest BCUT2D eigenvalue weighted by Crippen LogP contribution is -2.39. The molecule has 4 aromatic carbocycles. The van der Waals surface area contributed by atoms with Gasteiger partial charge in [0.25, 0.3) is 0 Å². The molecular formula is C45H53ClN8O2. The summed E-state index contributed by atoms with van der Waals surface area (Å²) in [6, 6.07) is 33.7. The van der Waals surface area contributed by atoms with E-state index in [0.29, 0.717) is 6.04 Å². The fourth-order valence-corrected chi connectivity index (χ4v) is 6.96. The molecule has 0 spiro atoms. The zero-order valence-electron chi connectivity index (χ0n) is 32.6. The van der Waals surface area contributed by atoms with E-state index < -0.39 is 5.60 Å². The van der Waals surface area contributed by atoms with Crippen molar-refractivity contribution in [3.8, 4) is 22.5 Å². The topological polar surface area (TPSA) is 131 Å². The van der Waals surface area contributed by atoms with Gasteiger partial charge >= 0.3 is 6.09 Å². The van der Waals surface area contributed by atoms with Gasteiger partial charge in [-0.3, -0.25) is 0 Å². The summed E-state index contributed by atoms with van der Waals surface area (Å²) in [6.07, 6.45) is 9.55. The van der Waals surface area contributed by atoms with Crippen molar-refractivity contribution < 1.29 is 9.53 Å². The molecule has 4 heterocycles. The minimum absolute atomic E-state index is 0.259. The van der Waals surface area contributed by atoms with E-state index in [9.17, 15) is 4.79 Å². The number of nitrogens with zero attached hydrogens (tertiary/aromatic N) is 5. The Bertz CT molecular complexity index is 2180. The second kappa shape index (κ2) is 19.6. The van der Waals surface area contributed by atoms with Gasteiger partial charge in [-0.25, -0.2) is 24.7 Å². The summed E-state index contributed by atoms with van der Waals surface area (Å²) in [6.45, 7) is 9.56. The number of anilines is 1. The zero-order chi connectivity index (χ0) is 39.3. The molecule has 2 aliphatic heterocycles. The number of hydrogen-bond donors (Lipinski definition) is 3. The highest BCUT2D eigenvalue weighted by Gasteiger charge is 2.20. The maximum atomic E-state index is 11.5. The summed E-state index contributed by atoms with van der Waals surface area (Å²) in [5, 5.41) is 11.4. The Balaban J connectivity index is 0.000000148. The molecule has 2 unspecified atom stereocenters. The molecule has 10 nitrogen and oxygen atoms in total. The number of benzene rings is 4. The number of nitrogens with two attached hydrogens (primary N) is 1. The predicted octanol–water partition coefficient (Wildman–Crippen LogP) is 9.22.